The fourth-order valence-electron chi connectivity index (χ4n) is 2.27. The van der Waals surface area contributed by atoms with Crippen molar-refractivity contribution in [2.24, 2.45) is 5.41 Å². The fraction of sp³-hybridized carbons (Fsp3) is 0.467. The molecule has 0 nitrogen and oxygen atoms in total. The van der Waals surface area contributed by atoms with Crippen molar-refractivity contribution in [1.29, 1.82) is 0 Å². The largest absolute Gasteiger partial charge is 0.147 e. The predicted octanol–water partition coefficient (Wildman–Crippen LogP) is 5.41. The van der Waals surface area contributed by atoms with E-state index in [1.807, 2.05) is 0 Å². The zero-order valence-electron chi connectivity index (χ0n) is 11.5. The molecule has 0 amide bonds. The van der Waals surface area contributed by atoms with E-state index in [1.165, 1.54) is 12.8 Å². The molecule has 0 radical (unpaired) electrons. The number of rotatable bonds is 2. The van der Waals surface area contributed by atoms with E-state index >= 15 is 0 Å². The Balaban J connectivity index is 0.00000144. The van der Waals surface area contributed by atoms with Gasteiger partial charge >= 0.3 is 111 Å². The summed E-state index contributed by atoms with van der Waals surface area (Å²) in [7, 11) is 0. The van der Waals surface area contributed by atoms with E-state index in [4.69, 9.17) is 0 Å². The van der Waals surface area contributed by atoms with Crippen molar-refractivity contribution >= 4 is 24.8 Å². The first-order valence-electron chi connectivity index (χ1n) is 6.02. The molecule has 0 unspecified atom stereocenters. The van der Waals surface area contributed by atoms with E-state index in [9.17, 15) is 0 Å². The van der Waals surface area contributed by atoms with Gasteiger partial charge < -0.3 is 0 Å². The Hall–Kier alpha value is 0.423. The second-order valence-corrected chi connectivity index (χ2v) is 9.22. The molecule has 3 heteroatoms. The zero-order chi connectivity index (χ0) is 11.8. The normalized spacial score (nSPS) is 18.0. The van der Waals surface area contributed by atoms with E-state index in [0.29, 0.717) is 5.41 Å². The van der Waals surface area contributed by atoms with Crippen molar-refractivity contribution in [3.05, 3.63) is 42.0 Å². The van der Waals surface area contributed by atoms with Crippen molar-refractivity contribution in [3.63, 3.8) is 0 Å². The molecule has 0 aromatic heterocycles. The Morgan fingerprint density at radius 1 is 0.944 bits per heavy atom. The van der Waals surface area contributed by atoms with Gasteiger partial charge in [-0.1, -0.05) is 0 Å². The van der Waals surface area contributed by atoms with Crippen LogP contribution in [-0.4, -0.2) is 0 Å². The van der Waals surface area contributed by atoms with Crippen LogP contribution >= 0.6 is 24.8 Å². The summed E-state index contributed by atoms with van der Waals surface area (Å²) in [6.07, 6.45) is 11.8. The number of allylic oxidation sites excluding steroid dienone is 8. The van der Waals surface area contributed by atoms with Gasteiger partial charge in [-0.2, -0.15) is 0 Å². The van der Waals surface area contributed by atoms with E-state index in [0.717, 1.165) is 0 Å². The average Bonchev–Trinajstić information content (AvgIpc) is 2.76. The summed E-state index contributed by atoms with van der Waals surface area (Å²) in [5, 5.41) is 0. The molecule has 0 heterocycles. The molecule has 0 spiro atoms. The van der Waals surface area contributed by atoms with Gasteiger partial charge in [-0.15, -0.1) is 24.8 Å². The van der Waals surface area contributed by atoms with Crippen LogP contribution < -0.4 is 0 Å². The summed E-state index contributed by atoms with van der Waals surface area (Å²) in [6.45, 7) is 9.29. The first-order chi connectivity index (χ1) is 7.48. The van der Waals surface area contributed by atoms with Crippen LogP contribution in [-0.2, 0) is 23.2 Å². The smallest absolute Gasteiger partial charge is 0.147 e. The van der Waals surface area contributed by atoms with Crippen LogP contribution in [0.4, 0.5) is 0 Å². The summed E-state index contributed by atoms with van der Waals surface area (Å²) in [5.74, 6) is 0. The molecule has 0 fully saturated rings. The van der Waals surface area contributed by atoms with E-state index in [2.05, 4.69) is 52.0 Å². The minimum atomic E-state index is -0.480. The summed E-state index contributed by atoms with van der Waals surface area (Å²) in [4.78, 5) is 0. The van der Waals surface area contributed by atoms with Gasteiger partial charge in [0.1, 0.15) is 0 Å². The molecule has 18 heavy (non-hydrogen) atoms. The maximum Gasteiger partial charge on any atom is -0.147 e. The molecule has 0 aromatic rings. The first kappa shape index (κ1) is 18.4. The van der Waals surface area contributed by atoms with Crippen molar-refractivity contribution in [1.82, 2.24) is 0 Å². The monoisotopic (exact) mass is 362 g/mol. The third-order valence-corrected chi connectivity index (χ3v) is 7.33. The summed E-state index contributed by atoms with van der Waals surface area (Å²) >= 11 is -0.480. The van der Waals surface area contributed by atoms with Crippen molar-refractivity contribution < 1.29 is 23.2 Å². The van der Waals surface area contributed by atoms with Gasteiger partial charge in [0.05, 0.1) is 0 Å². The molecule has 0 N–H and O–H groups in total. The van der Waals surface area contributed by atoms with Gasteiger partial charge in [0, 0.05) is 0 Å². The Kier molecular flexibility index (Phi) is 7.44. The van der Waals surface area contributed by atoms with E-state index in [1.54, 1.807) is 17.7 Å². The Morgan fingerprint density at radius 3 is 2.00 bits per heavy atom. The number of halogens is 2. The van der Waals surface area contributed by atoms with Gasteiger partial charge in [-0.25, -0.2) is 0 Å². The summed E-state index contributed by atoms with van der Waals surface area (Å²) in [5.41, 5.74) is 3.52. The molecular weight excluding hydrogens is 342 g/mol. The molecule has 2 rings (SSSR count). The van der Waals surface area contributed by atoms with E-state index in [-0.39, 0.29) is 24.8 Å². The van der Waals surface area contributed by atoms with Gasteiger partial charge in [0.2, 0.25) is 0 Å². The third-order valence-electron chi connectivity index (χ3n) is 3.21. The minimum absolute atomic E-state index is 0. The van der Waals surface area contributed by atoms with Gasteiger partial charge in [-0.3, -0.25) is 0 Å². The molecule has 2 aliphatic rings. The minimum Gasteiger partial charge on any atom is -0.147 e. The van der Waals surface area contributed by atoms with Crippen LogP contribution in [0.1, 0.15) is 40.5 Å². The van der Waals surface area contributed by atoms with Crippen LogP contribution in [0.5, 0.6) is 0 Å². The standard InChI is InChI=1S/C9H13.C6H7.2ClH.Zr/c1-9(2,3)8-6-4-5-7-8;1-6-4-2-3-5-6;;;/h4,6H,5H2,1-3H3;2,4H,3H2,1H3;2*1H;. The molecule has 0 bridgehead atoms. The average molecular weight is 364 g/mol. The molecule has 100 valence electrons. The maximum absolute atomic E-state index is 2.37. The van der Waals surface area contributed by atoms with Gasteiger partial charge in [0.15, 0.2) is 0 Å². The molecule has 0 aromatic carbocycles. The van der Waals surface area contributed by atoms with Crippen LogP contribution in [0.15, 0.2) is 42.0 Å². The number of hydrogen-bond donors (Lipinski definition) is 0. The Bertz CT molecular complexity index is 420. The van der Waals surface area contributed by atoms with E-state index < -0.39 is 23.2 Å². The van der Waals surface area contributed by atoms with Crippen molar-refractivity contribution in [3.8, 4) is 0 Å². The van der Waals surface area contributed by atoms with Crippen molar-refractivity contribution in [2.75, 3.05) is 0 Å². The molecule has 0 atom stereocenters. The predicted molar refractivity (Wildman–Crippen MR) is 81.2 cm³/mol. The Labute approximate surface area is 135 Å². The Morgan fingerprint density at radius 2 is 1.50 bits per heavy atom. The van der Waals surface area contributed by atoms with Crippen LogP contribution in [0.2, 0.25) is 0 Å². The molecule has 0 saturated heterocycles. The molecular formula is C15H22Cl2Zr. The van der Waals surface area contributed by atoms with Gasteiger partial charge in [0.25, 0.3) is 0 Å². The zero-order valence-corrected chi connectivity index (χ0v) is 15.6. The molecule has 0 aliphatic heterocycles. The SMILES string of the molecule is CC1=[C]([Zr][C]2=C(C(C)(C)C)C=CC2)CC=C1.Cl.Cl. The van der Waals surface area contributed by atoms with Crippen LogP contribution in [0.25, 0.3) is 0 Å². The quantitative estimate of drug-likeness (QED) is 0.615. The number of hydrogen-bond acceptors (Lipinski definition) is 0. The topological polar surface area (TPSA) is 0 Å². The summed E-state index contributed by atoms with van der Waals surface area (Å²) in [6, 6.07) is 0. The first-order valence-corrected chi connectivity index (χ1v) is 8.48. The second kappa shape index (κ2) is 7.27. The second-order valence-electron chi connectivity index (χ2n) is 5.64. The summed E-state index contributed by atoms with van der Waals surface area (Å²) < 4.78 is 3.58. The fourth-order valence-corrected chi connectivity index (χ4v) is 6.40. The molecule has 0 saturated carbocycles. The molecule has 2 aliphatic carbocycles. The maximum atomic E-state index is 2.37. The van der Waals surface area contributed by atoms with Gasteiger partial charge in [-0.05, 0) is 0 Å². The van der Waals surface area contributed by atoms with Crippen LogP contribution in [0, 0.1) is 5.41 Å². The third kappa shape index (κ3) is 4.22. The van der Waals surface area contributed by atoms with Crippen LogP contribution in [0.3, 0.4) is 0 Å². The van der Waals surface area contributed by atoms with Crippen molar-refractivity contribution in [2.45, 2.75) is 40.5 Å².